The van der Waals surface area contributed by atoms with Gasteiger partial charge in [-0.2, -0.15) is 0 Å². The molecule has 0 spiro atoms. The number of aliphatic hydroxyl groups excluding tert-OH is 1. The highest BCUT2D eigenvalue weighted by Crippen LogP contribution is 1.97. The standard InChI is InChI=1S/C10H21NO2/c1-9(2)6-7-11-10(13)5-3-4-8-12/h9,12H,3-8H2,1-2H3,(H,11,13). The fourth-order valence-electron chi connectivity index (χ4n) is 0.986. The molecular formula is C10H21NO2. The van der Waals surface area contributed by atoms with Gasteiger partial charge in [-0.25, -0.2) is 0 Å². The second-order valence-corrected chi connectivity index (χ2v) is 3.71. The third-order valence-electron chi connectivity index (χ3n) is 1.86. The first-order valence-electron chi connectivity index (χ1n) is 5.04. The summed E-state index contributed by atoms with van der Waals surface area (Å²) in [5.41, 5.74) is 0. The first-order chi connectivity index (χ1) is 6.16. The Hall–Kier alpha value is -0.570. The maximum atomic E-state index is 11.1. The van der Waals surface area contributed by atoms with Crippen LogP contribution in [0.2, 0.25) is 0 Å². The lowest BCUT2D eigenvalue weighted by Gasteiger charge is -2.06. The van der Waals surface area contributed by atoms with Crippen molar-refractivity contribution in [3.05, 3.63) is 0 Å². The van der Waals surface area contributed by atoms with Gasteiger partial charge in [0.05, 0.1) is 0 Å². The van der Waals surface area contributed by atoms with Crippen molar-refractivity contribution in [3.63, 3.8) is 0 Å². The molecule has 0 aromatic heterocycles. The zero-order valence-corrected chi connectivity index (χ0v) is 8.68. The SMILES string of the molecule is CC(C)CCNC(=O)CCCCO. The minimum absolute atomic E-state index is 0.106. The van der Waals surface area contributed by atoms with E-state index in [1.165, 1.54) is 0 Å². The fourth-order valence-corrected chi connectivity index (χ4v) is 0.986. The number of hydrogen-bond acceptors (Lipinski definition) is 2. The van der Waals surface area contributed by atoms with Crippen LogP contribution >= 0.6 is 0 Å². The molecular weight excluding hydrogens is 166 g/mol. The van der Waals surface area contributed by atoms with Crippen LogP contribution in [-0.2, 0) is 4.79 Å². The van der Waals surface area contributed by atoms with Crippen molar-refractivity contribution in [3.8, 4) is 0 Å². The summed E-state index contributed by atoms with van der Waals surface area (Å²) in [4.78, 5) is 11.1. The smallest absolute Gasteiger partial charge is 0.219 e. The van der Waals surface area contributed by atoms with Crippen molar-refractivity contribution in [2.24, 2.45) is 5.92 Å². The van der Waals surface area contributed by atoms with Crippen LogP contribution in [0.15, 0.2) is 0 Å². The van der Waals surface area contributed by atoms with Crippen LogP contribution in [-0.4, -0.2) is 24.2 Å². The Bertz CT molecular complexity index is 135. The minimum Gasteiger partial charge on any atom is -0.396 e. The molecule has 2 N–H and O–H groups in total. The van der Waals surface area contributed by atoms with Crippen molar-refractivity contribution in [1.82, 2.24) is 5.32 Å². The first kappa shape index (κ1) is 12.4. The summed E-state index contributed by atoms with van der Waals surface area (Å²) in [6.45, 7) is 5.23. The number of amides is 1. The second-order valence-electron chi connectivity index (χ2n) is 3.71. The predicted octanol–water partition coefficient (Wildman–Crippen LogP) is 1.31. The Morgan fingerprint density at radius 3 is 2.62 bits per heavy atom. The first-order valence-corrected chi connectivity index (χ1v) is 5.04. The van der Waals surface area contributed by atoms with Crippen molar-refractivity contribution in [2.75, 3.05) is 13.2 Å². The fraction of sp³-hybridized carbons (Fsp3) is 0.900. The molecule has 0 atom stereocenters. The van der Waals surface area contributed by atoms with Crippen LogP contribution in [0.4, 0.5) is 0 Å². The van der Waals surface area contributed by atoms with Gasteiger partial charge < -0.3 is 10.4 Å². The lowest BCUT2D eigenvalue weighted by Crippen LogP contribution is -2.24. The minimum atomic E-state index is 0.106. The maximum Gasteiger partial charge on any atom is 0.219 e. The van der Waals surface area contributed by atoms with Crippen LogP contribution < -0.4 is 5.32 Å². The van der Waals surface area contributed by atoms with E-state index in [1.807, 2.05) is 0 Å². The largest absolute Gasteiger partial charge is 0.396 e. The number of rotatable bonds is 7. The van der Waals surface area contributed by atoms with E-state index in [-0.39, 0.29) is 12.5 Å². The molecule has 0 radical (unpaired) electrons. The molecule has 13 heavy (non-hydrogen) atoms. The molecule has 0 rings (SSSR count). The van der Waals surface area contributed by atoms with E-state index in [0.29, 0.717) is 12.3 Å². The molecule has 0 aliphatic heterocycles. The number of unbranched alkanes of at least 4 members (excludes halogenated alkanes) is 1. The molecule has 0 saturated heterocycles. The summed E-state index contributed by atoms with van der Waals surface area (Å²) < 4.78 is 0. The van der Waals surface area contributed by atoms with E-state index in [9.17, 15) is 4.79 Å². The Balaban J connectivity index is 3.20. The van der Waals surface area contributed by atoms with Crippen LogP contribution in [0.5, 0.6) is 0 Å². The lowest BCUT2D eigenvalue weighted by molar-refractivity contribution is -0.121. The molecule has 3 heteroatoms. The molecule has 0 saturated carbocycles. The van der Waals surface area contributed by atoms with Crippen molar-refractivity contribution in [2.45, 2.75) is 39.5 Å². The Morgan fingerprint density at radius 2 is 2.08 bits per heavy atom. The quantitative estimate of drug-likeness (QED) is 0.590. The van der Waals surface area contributed by atoms with Gasteiger partial charge in [0.15, 0.2) is 0 Å². The molecule has 78 valence electrons. The Morgan fingerprint density at radius 1 is 1.38 bits per heavy atom. The van der Waals surface area contributed by atoms with Crippen LogP contribution in [0.3, 0.4) is 0 Å². The summed E-state index contributed by atoms with van der Waals surface area (Å²) in [5, 5.41) is 11.3. The van der Waals surface area contributed by atoms with Crippen LogP contribution in [0, 0.1) is 5.92 Å². The van der Waals surface area contributed by atoms with Crippen molar-refractivity contribution >= 4 is 5.91 Å². The lowest BCUT2D eigenvalue weighted by atomic mass is 10.1. The molecule has 0 aliphatic carbocycles. The number of nitrogens with one attached hydrogen (secondary N) is 1. The molecule has 3 nitrogen and oxygen atoms in total. The third kappa shape index (κ3) is 9.34. The molecule has 1 amide bonds. The molecule has 0 fully saturated rings. The van der Waals surface area contributed by atoms with Crippen molar-refractivity contribution in [1.29, 1.82) is 0 Å². The maximum absolute atomic E-state index is 11.1. The van der Waals surface area contributed by atoms with Gasteiger partial charge in [0.25, 0.3) is 0 Å². The average Bonchev–Trinajstić information content (AvgIpc) is 2.04. The highest BCUT2D eigenvalue weighted by atomic mass is 16.2. The van der Waals surface area contributed by atoms with E-state index in [2.05, 4.69) is 19.2 Å². The molecule has 0 heterocycles. The molecule has 0 unspecified atom stereocenters. The Labute approximate surface area is 80.5 Å². The zero-order valence-electron chi connectivity index (χ0n) is 8.68. The van der Waals surface area contributed by atoms with Crippen molar-refractivity contribution < 1.29 is 9.90 Å². The molecule has 0 bridgehead atoms. The van der Waals surface area contributed by atoms with E-state index in [1.54, 1.807) is 0 Å². The predicted molar refractivity (Wildman–Crippen MR) is 53.4 cm³/mol. The van der Waals surface area contributed by atoms with Gasteiger partial charge in [0.1, 0.15) is 0 Å². The number of carbonyl (C=O) groups is 1. The number of aliphatic hydroxyl groups is 1. The normalized spacial score (nSPS) is 10.5. The van der Waals surface area contributed by atoms with E-state index in [0.717, 1.165) is 25.8 Å². The monoisotopic (exact) mass is 187 g/mol. The van der Waals surface area contributed by atoms with E-state index in [4.69, 9.17) is 5.11 Å². The van der Waals surface area contributed by atoms with Gasteiger partial charge in [-0.1, -0.05) is 13.8 Å². The molecule has 0 aromatic rings. The van der Waals surface area contributed by atoms with Crippen LogP contribution in [0.25, 0.3) is 0 Å². The molecule has 0 aliphatic rings. The van der Waals surface area contributed by atoms with Gasteiger partial charge in [0, 0.05) is 19.6 Å². The summed E-state index contributed by atoms with van der Waals surface area (Å²) in [5.74, 6) is 0.742. The highest BCUT2D eigenvalue weighted by molar-refractivity contribution is 5.75. The summed E-state index contributed by atoms with van der Waals surface area (Å²) in [7, 11) is 0. The summed E-state index contributed by atoms with van der Waals surface area (Å²) in [6, 6.07) is 0. The van der Waals surface area contributed by atoms with Crippen LogP contribution in [0.1, 0.15) is 39.5 Å². The molecule has 0 aromatic carbocycles. The van der Waals surface area contributed by atoms with Gasteiger partial charge in [0.2, 0.25) is 5.91 Å². The van der Waals surface area contributed by atoms with Gasteiger partial charge in [-0.15, -0.1) is 0 Å². The zero-order chi connectivity index (χ0) is 10.1. The third-order valence-corrected chi connectivity index (χ3v) is 1.86. The number of carbonyl (C=O) groups excluding carboxylic acids is 1. The topological polar surface area (TPSA) is 49.3 Å². The average molecular weight is 187 g/mol. The van der Waals surface area contributed by atoms with E-state index < -0.39 is 0 Å². The number of hydrogen-bond donors (Lipinski definition) is 2. The van der Waals surface area contributed by atoms with Gasteiger partial charge in [-0.3, -0.25) is 4.79 Å². The van der Waals surface area contributed by atoms with Gasteiger partial charge in [-0.05, 0) is 25.2 Å². The van der Waals surface area contributed by atoms with Gasteiger partial charge >= 0.3 is 0 Å². The Kier molecular flexibility index (Phi) is 7.69. The summed E-state index contributed by atoms with van der Waals surface area (Å²) in [6.07, 6.45) is 3.08. The highest BCUT2D eigenvalue weighted by Gasteiger charge is 2.00. The van der Waals surface area contributed by atoms with E-state index >= 15 is 0 Å². The summed E-state index contributed by atoms with van der Waals surface area (Å²) >= 11 is 0. The second kappa shape index (κ2) is 8.05.